The van der Waals surface area contributed by atoms with Crippen molar-refractivity contribution < 1.29 is 37.6 Å². The molecule has 3 N–H and O–H groups in total. The molecular formula is C41H70NO8P. The first-order valence-electron chi connectivity index (χ1n) is 19.4. The smallest absolute Gasteiger partial charge is 0.462 e. The van der Waals surface area contributed by atoms with Crippen LogP contribution >= 0.6 is 7.82 Å². The molecule has 0 aliphatic carbocycles. The Kier molecular flexibility index (Phi) is 35.4. The molecule has 0 spiro atoms. The molecule has 0 aromatic heterocycles. The van der Waals surface area contributed by atoms with Gasteiger partial charge in [-0.05, 0) is 77.0 Å². The van der Waals surface area contributed by atoms with E-state index in [1.165, 1.54) is 25.7 Å². The van der Waals surface area contributed by atoms with Crippen LogP contribution in [0.4, 0.5) is 0 Å². The number of carbonyl (C=O) groups is 2. The van der Waals surface area contributed by atoms with Gasteiger partial charge in [0.2, 0.25) is 0 Å². The first-order valence-corrected chi connectivity index (χ1v) is 20.9. The highest BCUT2D eigenvalue weighted by Gasteiger charge is 2.25. The van der Waals surface area contributed by atoms with Crippen LogP contribution in [0.3, 0.4) is 0 Å². The van der Waals surface area contributed by atoms with Gasteiger partial charge in [-0.3, -0.25) is 18.6 Å². The summed E-state index contributed by atoms with van der Waals surface area (Å²) in [6.07, 6.45) is 43.6. The van der Waals surface area contributed by atoms with Gasteiger partial charge in [0, 0.05) is 19.4 Å². The van der Waals surface area contributed by atoms with Gasteiger partial charge in [0.25, 0.3) is 0 Å². The lowest BCUT2D eigenvalue weighted by Crippen LogP contribution is -2.29. The average molecular weight is 736 g/mol. The van der Waals surface area contributed by atoms with Crippen LogP contribution in [0, 0.1) is 0 Å². The number of hydrogen-bond donors (Lipinski definition) is 2. The molecule has 51 heavy (non-hydrogen) atoms. The average Bonchev–Trinajstić information content (AvgIpc) is 3.11. The Labute approximate surface area is 310 Å². The Bertz CT molecular complexity index is 1070. The minimum Gasteiger partial charge on any atom is -0.462 e. The first kappa shape index (κ1) is 48.5. The molecule has 0 fully saturated rings. The highest BCUT2D eigenvalue weighted by atomic mass is 31.2. The lowest BCUT2D eigenvalue weighted by molar-refractivity contribution is -0.161. The van der Waals surface area contributed by atoms with Crippen molar-refractivity contribution in [2.24, 2.45) is 5.73 Å². The van der Waals surface area contributed by atoms with Crippen LogP contribution < -0.4 is 5.73 Å². The zero-order valence-corrected chi connectivity index (χ0v) is 32.7. The second kappa shape index (κ2) is 37.2. The number of phosphoric acid groups is 1. The van der Waals surface area contributed by atoms with E-state index in [1.807, 2.05) is 0 Å². The predicted octanol–water partition coefficient (Wildman–Crippen LogP) is 10.7. The molecule has 0 heterocycles. The fourth-order valence-electron chi connectivity index (χ4n) is 4.73. The van der Waals surface area contributed by atoms with Crippen molar-refractivity contribution >= 4 is 19.8 Å². The highest BCUT2D eigenvalue weighted by Crippen LogP contribution is 2.43. The number of ether oxygens (including phenoxy) is 2. The normalized spacial score (nSPS) is 14.2. The van der Waals surface area contributed by atoms with Crippen LogP contribution in [-0.2, 0) is 32.7 Å². The number of carbonyl (C=O) groups excluding carboxylic acids is 2. The zero-order chi connectivity index (χ0) is 37.5. The van der Waals surface area contributed by atoms with E-state index >= 15 is 0 Å². The summed E-state index contributed by atoms with van der Waals surface area (Å²) in [4.78, 5) is 34.7. The quantitative estimate of drug-likeness (QED) is 0.0214. The van der Waals surface area contributed by atoms with Gasteiger partial charge in [0.05, 0.1) is 13.2 Å². The van der Waals surface area contributed by atoms with Crippen molar-refractivity contribution in [3.05, 3.63) is 72.9 Å². The molecule has 0 aliphatic heterocycles. The SMILES string of the molecule is CC/C=C/C/C=C/C/C=C/C/C=C/CCCCC(=O)OC[C@H](COP(=O)(O)OCCN)OC(=O)CCCCCCC/C=C/C=C/CCCCCC. The largest absolute Gasteiger partial charge is 0.472 e. The van der Waals surface area contributed by atoms with E-state index in [0.29, 0.717) is 12.8 Å². The van der Waals surface area contributed by atoms with Gasteiger partial charge in [-0.1, -0.05) is 125 Å². The van der Waals surface area contributed by atoms with Gasteiger partial charge in [-0.25, -0.2) is 4.57 Å². The molecule has 0 amide bonds. The van der Waals surface area contributed by atoms with E-state index in [9.17, 15) is 19.0 Å². The second-order valence-electron chi connectivity index (χ2n) is 12.4. The van der Waals surface area contributed by atoms with Crippen molar-refractivity contribution in [3.8, 4) is 0 Å². The summed E-state index contributed by atoms with van der Waals surface area (Å²) in [5.74, 6) is -0.904. The number of nitrogens with two attached hydrogens (primary N) is 1. The van der Waals surface area contributed by atoms with E-state index in [0.717, 1.165) is 77.0 Å². The number of phosphoric ester groups is 1. The summed E-state index contributed by atoms with van der Waals surface area (Å²) in [5.41, 5.74) is 5.33. The van der Waals surface area contributed by atoms with Crippen molar-refractivity contribution in [1.82, 2.24) is 0 Å². The molecule has 0 bridgehead atoms. The fourth-order valence-corrected chi connectivity index (χ4v) is 5.50. The third-order valence-electron chi connectivity index (χ3n) is 7.60. The summed E-state index contributed by atoms with van der Waals surface area (Å²) in [5, 5.41) is 0. The van der Waals surface area contributed by atoms with Crippen molar-refractivity contribution in [2.75, 3.05) is 26.4 Å². The third kappa shape index (κ3) is 37.0. The van der Waals surface area contributed by atoms with Crippen LogP contribution in [0.15, 0.2) is 72.9 Å². The maximum Gasteiger partial charge on any atom is 0.472 e. The zero-order valence-electron chi connectivity index (χ0n) is 31.8. The monoisotopic (exact) mass is 735 g/mol. The fraction of sp³-hybridized carbons (Fsp3) is 0.659. The molecule has 0 aromatic rings. The molecule has 10 heteroatoms. The van der Waals surface area contributed by atoms with E-state index in [-0.39, 0.29) is 32.6 Å². The molecule has 2 atom stereocenters. The summed E-state index contributed by atoms with van der Waals surface area (Å²) in [6.45, 7) is 3.50. The number of esters is 2. The number of unbranched alkanes of at least 4 members (excludes halogenated alkanes) is 11. The maximum absolute atomic E-state index is 12.5. The Morgan fingerprint density at radius 1 is 0.627 bits per heavy atom. The molecule has 292 valence electrons. The van der Waals surface area contributed by atoms with Crippen molar-refractivity contribution in [2.45, 2.75) is 148 Å². The van der Waals surface area contributed by atoms with Gasteiger partial charge in [-0.2, -0.15) is 0 Å². The van der Waals surface area contributed by atoms with E-state index in [4.69, 9.17) is 24.3 Å². The number of rotatable bonds is 35. The second-order valence-corrected chi connectivity index (χ2v) is 13.9. The Morgan fingerprint density at radius 2 is 1.14 bits per heavy atom. The lowest BCUT2D eigenvalue weighted by Gasteiger charge is -2.19. The van der Waals surface area contributed by atoms with Gasteiger partial charge >= 0.3 is 19.8 Å². The maximum atomic E-state index is 12.5. The molecule has 1 unspecified atom stereocenters. The summed E-state index contributed by atoms with van der Waals surface area (Å²) < 4.78 is 32.6. The summed E-state index contributed by atoms with van der Waals surface area (Å²) >= 11 is 0. The van der Waals surface area contributed by atoms with Crippen LogP contribution in [0.25, 0.3) is 0 Å². The molecule has 0 aliphatic rings. The van der Waals surface area contributed by atoms with Gasteiger partial charge < -0.3 is 20.1 Å². The van der Waals surface area contributed by atoms with Crippen LogP contribution in [-0.4, -0.2) is 49.3 Å². The molecule has 0 rings (SSSR count). The standard InChI is InChI=1S/C41H70NO8P/c1-3-5-7-9-11-13-15-17-19-21-23-25-27-29-31-33-40(43)47-37-39(38-49-51(45,46)48-36-35-42)50-41(44)34-32-30-28-26-24-22-20-18-16-14-12-10-8-6-4-2/h5,7,11,13-14,16-20,23,25,39H,3-4,6,8-10,12,15,21-22,24,26-38,42H2,1-2H3,(H,45,46)/b7-5+,13-11+,16-14+,19-17+,20-18+,25-23+/t39-/m1/s1. The van der Waals surface area contributed by atoms with Gasteiger partial charge in [-0.15, -0.1) is 0 Å². The Hall–Kier alpha value is -2.55. The van der Waals surface area contributed by atoms with E-state index < -0.39 is 32.5 Å². The molecule has 0 aromatic carbocycles. The Morgan fingerprint density at radius 3 is 1.76 bits per heavy atom. The molecule has 9 nitrogen and oxygen atoms in total. The minimum atomic E-state index is -4.39. The van der Waals surface area contributed by atoms with Crippen LogP contribution in [0.2, 0.25) is 0 Å². The topological polar surface area (TPSA) is 134 Å². The van der Waals surface area contributed by atoms with Crippen molar-refractivity contribution in [3.63, 3.8) is 0 Å². The van der Waals surface area contributed by atoms with Gasteiger partial charge in [0.15, 0.2) is 6.10 Å². The van der Waals surface area contributed by atoms with E-state index in [2.05, 4.69) is 86.8 Å². The van der Waals surface area contributed by atoms with Gasteiger partial charge in [0.1, 0.15) is 6.61 Å². The lowest BCUT2D eigenvalue weighted by atomic mass is 10.1. The molecule has 0 saturated carbocycles. The number of hydrogen-bond acceptors (Lipinski definition) is 8. The highest BCUT2D eigenvalue weighted by molar-refractivity contribution is 7.47. The first-order chi connectivity index (χ1) is 24.8. The Balaban J connectivity index is 4.34. The van der Waals surface area contributed by atoms with Crippen LogP contribution in [0.1, 0.15) is 142 Å². The predicted molar refractivity (Wildman–Crippen MR) is 210 cm³/mol. The molecular weight excluding hydrogens is 665 g/mol. The number of allylic oxidation sites excluding steroid dienone is 12. The third-order valence-corrected chi connectivity index (χ3v) is 8.59. The summed E-state index contributed by atoms with van der Waals surface area (Å²) in [7, 11) is -4.39. The van der Waals surface area contributed by atoms with Crippen molar-refractivity contribution in [1.29, 1.82) is 0 Å². The van der Waals surface area contributed by atoms with Crippen LogP contribution in [0.5, 0.6) is 0 Å². The molecule has 0 radical (unpaired) electrons. The summed E-state index contributed by atoms with van der Waals surface area (Å²) in [6, 6.07) is 0. The van der Waals surface area contributed by atoms with E-state index in [1.54, 1.807) is 0 Å². The minimum absolute atomic E-state index is 0.0412. The molecule has 0 saturated heterocycles.